The van der Waals surface area contributed by atoms with E-state index >= 15 is 0 Å². The number of amides is 1. The van der Waals surface area contributed by atoms with Gasteiger partial charge in [-0.25, -0.2) is 0 Å². The van der Waals surface area contributed by atoms with E-state index in [1.165, 1.54) is 0 Å². The Balaban J connectivity index is 2.05. The topological polar surface area (TPSA) is 89.3 Å². The van der Waals surface area contributed by atoms with E-state index in [2.05, 4.69) is 10.0 Å². The van der Waals surface area contributed by atoms with E-state index in [0.29, 0.717) is 25.9 Å². The van der Waals surface area contributed by atoms with Crippen molar-refractivity contribution < 1.29 is 9.90 Å². The van der Waals surface area contributed by atoms with Gasteiger partial charge in [0.2, 0.25) is 5.91 Å². The normalized spacial score (nSPS) is 18.5. The van der Waals surface area contributed by atoms with Gasteiger partial charge in [0.05, 0.1) is 0 Å². The van der Waals surface area contributed by atoms with Crippen molar-refractivity contribution in [3.63, 3.8) is 0 Å². The van der Waals surface area contributed by atoms with Crippen LogP contribution in [0.4, 0.5) is 5.69 Å². The summed E-state index contributed by atoms with van der Waals surface area (Å²) in [7, 11) is 0. The van der Waals surface area contributed by atoms with Gasteiger partial charge in [0.1, 0.15) is 0 Å². The van der Waals surface area contributed by atoms with Crippen molar-refractivity contribution >= 4 is 11.6 Å². The van der Waals surface area contributed by atoms with Crippen LogP contribution in [0.15, 0.2) is 29.4 Å². The number of azide groups is 1. The van der Waals surface area contributed by atoms with Gasteiger partial charge < -0.3 is 10.0 Å². The van der Waals surface area contributed by atoms with Crippen molar-refractivity contribution in [2.75, 3.05) is 24.6 Å². The van der Waals surface area contributed by atoms with Crippen molar-refractivity contribution in [2.45, 2.75) is 12.8 Å². The molecule has 100 valence electrons. The fourth-order valence-electron chi connectivity index (χ4n) is 2.28. The van der Waals surface area contributed by atoms with E-state index in [1.807, 2.05) is 24.3 Å². The van der Waals surface area contributed by atoms with Crippen LogP contribution in [-0.4, -0.2) is 30.7 Å². The maximum atomic E-state index is 11.9. The molecule has 1 heterocycles. The summed E-state index contributed by atoms with van der Waals surface area (Å²) in [5, 5.41) is 12.4. The van der Waals surface area contributed by atoms with Gasteiger partial charge in [-0.2, -0.15) is 0 Å². The molecule has 0 aromatic heterocycles. The summed E-state index contributed by atoms with van der Waals surface area (Å²) in [5.74, 6) is 0.161. The van der Waals surface area contributed by atoms with E-state index in [0.717, 1.165) is 11.3 Å². The molecule has 0 bridgehead atoms. The average Bonchev–Trinajstić information content (AvgIpc) is 2.79. The lowest BCUT2D eigenvalue weighted by molar-refractivity contribution is -0.117. The van der Waals surface area contributed by atoms with Crippen LogP contribution in [0.5, 0.6) is 0 Å². The van der Waals surface area contributed by atoms with Gasteiger partial charge in [0.25, 0.3) is 0 Å². The Morgan fingerprint density at radius 2 is 2.16 bits per heavy atom. The Morgan fingerprint density at radius 1 is 1.42 bits per heavy atom. The minimum atomic E-state index is 0.0630. The minimum Gasteiger partial charge on any atom is -0.396 e. The number of hydrogen-bond donors (Lipinski definition) is 1. The molecule has 1 aromatic carbocycles. The summed E-state index contributed by atoms with van der Waals surface area (Å²) in [6.45, 7) is 1.08. The monoisotopic (exact) mass is 260 g/mol. The molecule has 2 rings (SSSR count). The molecule has 6 nitrogen and oxygen atoms in total. The molecular formula is C13H16N4O2. The largest absolute Gasteiger partial charge is 0.396 e. The van der Waals surface area contributed by atoms with Crippen molar-refractivity contribution in [2.24, 2.45) is 11.0 Å². The number of rotatable bonds is 5. The highest BCUT2D eigenvalue weighted by Crippen LogP contribution is 2.25. The molecule has 1 N–H and O–H groups in total. The van der Waals surface area contributed by atoms with Crippen LogP contribution in [0.2, 0.25) is 0 Å². The van der Waals surface area contributed by atoms with Crippen LogP contribution in [0, 0.1) is 5.92 Å². The third kappa shape index (κ3) is 3.24. The molecule has 1 aromatic rings. The standard InChI is InChI=1S/C13H16N4O2/c14-16-15-8-11-7-13(19)17(9-11)12-3-1-10(2-4-12)5-6-18/h1-4,11,18H,5-9H2. The molecule has 0 aliphatic carbocycles. The van der Waals surface area contributed by atoms with Crippen LogP contribution < -0.4 is 4.90 Å². The predicted octanol–water partition coefficient (Wildman–Crippen LogP) is 1.88. The van der Waals surface area contributed by atoms with Crippen LogP contribution in [0.3, 0.4) is 0 Å². The van der Waals surface area contributed by atoms with Crippen molar-refractivity contribution in [1.82, 2.24) is 0 Å². The van der Waals surface area contributed by atoms with Gasteiger partial charge in [-0.05, 0) is 35.6 Å². The summed E-state index contributed by atoms with van der Waals surface area (Å²) in [5.41, 5.74) is 10.2. The highest BCUT2D eigenvalue weighted by atomic mass is 16.3. The molecule has 0 spiro atoms. The summed E-state index contributed by atoms with van der Waals surface area (Å²) in [6.07, 6.45) is 1.05. The van der Waals surface area contributed by atoms with Crippen molar-refractivity contribution in [1.29, 1.82) is 0 Å². The summed E-state index contributed by atoms with van der Waals surface area (Å²) >= 11 is 0. The van der Waals surface area contributed by atoms with Gasteiger partial charge in [-0.15, -0.1) is 0 Å². The lowest BCUT2D eigenvalue weighted by Crippen LogP contribution is -2.24. The Kier molecular flexibility index (Phi) is 4.39. The number of aliphatic hydroxyl groups is 1. The molecule has 1 amide bonds. The summed E-state index contributed by atoms with van der Waals surface area (Å²) in [6, 6.07) is 7.61. The van der Waals surface area contributed by atoms with E-state index in [9.17, 15) is 4.79 Å². The molecule has 6 heteroatoms. The molecule has 1 aliphatic rings. The van der Waals surface area contributed by atoms with Gasteiger partial charge in [0, 0.05) is 36.7 Å². The number of anilines is 1. The van der Waals surface area contributed by atoms with E-state index in [4.69, 9.17) is 10.6 Å². The number of hydrogen-bond acceptors (Lipinski definition) is 3. The van der Waals surface area contributed by atoms with E-state index in [1.54, 1.807) is 4.90 Å². The maximum Gasteiger partial charge on any atom is 0.227 e. The molecular weight excluding hydrogens is 244 g/mol. The Morgan fingerprint density at radius 3 is 2.79 bits per heavy atom. The number of carbonyl (C=O) groups excluding carboxylic acids is 1. The van der Waals surface area contributed by atoms with Crippen LogP contribution >= 0.6 is 0 Å². The fourth-order valence-corrected chi connectivity index (χ4v) is 2.28. The minimum absolute atomic E-state index is 0.0630. The third-order valence-corrected chi connectivity index (χ3v) is 3.26. The smallest absolute Gasteiger partial charge is 0.227 e. The van der Waals surface area contributed by atoms with Crippen LogP contribution in [0.25, 0.3) is 10.4 Å². The molecule has 0 radical (unpaired) electrons. The Bertz CT molecular complexity index is 494. The molecule has 1 fully saturated rings. The molecule has 1 saturated heterocycles. The molecule has 0 saturated carbocycles. The Hall–Kier alpha value is -2.04. The maximum absolute atomic E-state index is 11.9. The quantitative estimate of drug-likeness (QED) is 0.497. The first kappa shape index (κ1) is 13.4. The van der Waals surface area contributed by atoms with Gasteiger partial charge >= 0.3 is 0 Å². The van der Waals surface area contributed by atoms with Gasteiger partial charge in [0.15, 0.2) is 0 Å². The molecule has 19 heavy (non-hydrogen) atoms. The van der Waals surface area contributed by atoms with Crippen LogP contribution in [-0.2, 0) is 11.2 Å². The number of benzene rings is 1. The SMILES string of the molecule is [N-]=[N+]=NCC1CC(=O)N(c2ccc(CCO)cc2)C1. The predicted molar refractivity (Wildman–Crippen MR) is 71.7 cm³/mol. The second kappa shape index (κ2) is 6.22. The first-order valence-electron chi connectivity index (χ1n) is 6.25. The number of nitrogens with zero attached hydrogens (tertiary/aromatic N) is 4. The van der Waals surface area contributed by atoms with Crippen LogP contribution in [0.1, 0.15) is 12.0 Å². The van der Waals surface area contributed by atoms with E-state index < -0.39 is 0 Å². The first-order chi connectivity index (χ1) is 9.24. The molecule has 1 aliphatic heterocycles. The average molecular weight is 260 g/mol. The first-order valence-corrected chi connectivity index (χ1v) is 6.25. The number of aliphatic hydroxyl groups excluding tert-OH is 1. The Labute approximate surface area is 111 Å². The molecule has 1 unspecified atom stereocenters. The second-order valence-electron chi connectivity index (χ2n) is 4.63. The summed E-state index contributed by atoms with van der Waals surface area (Å²) in [4.78, 5) is 16.4. The zero-order chi connectivity index (χ0) is 13.7. The van der Waals surface area contributed by atoms with Gasteiger partial charge in [-0.3, -0.25) is 4.79 Å². The zero-order valence-electron chi connectivity index (χ0n) is 10.6. The lowest BCUT2D eigenvalue weighted by Gasteiger charge is -2.16. The van der Waals surface area contributed by atoms with Crippen molar-refractivity contribution in [3.8, 4) is 0 Å². The van der Waals surface area contributed by atoms with Gasteiger partial charge in [-0.1, -0.05) is 17.2 Å². The fraction of sp³-hybridized carbons (Fsp3) is 0.462. The lowest BCUT2D eigenvalue weighted by atomic mass is 10.1. The van der Waals surface area contributed by atoms with Crippen molar-refractivity contribution in [3.05, 3.63) is 40.3 Å². The third-order valence-electron chi connectivity index (χ3n) is 3.26. The number of carbonyl (C=O) groups is 1. The molecule has 1 atom stereocenters. The second-order valence-corrected chi connectivity index (χ2v) is 4.63. The van der Waals surface area contributed by atoms with E-state index in [-0.39, 0.29) is 18.4 Å². The highest BCUT2D eigenvalue weighted by Gasteiger charge is 2.29. The zero-order valence-corrected chi connectivity index (χ0v) is 10.6. The highest BCUT2D eigenvalue weighted by molar-refractivity contribution is 5.95. The summed E-state index contributed by atoms with van der Waals surface area (Å²) < 4.78 is 0.